The van der Waals surface area contributed by atoms with Crippen LogP contribution in [0, 0.1) is 32.8 Å². The van der Waals surface area contributed by atoms with E-state index in [1.54, 1.807) is 42.5 Å². The second-order valence-corrected chi connectivity index (χ2v) is 9.02. The van der Waals surface area contributed by atoms with Gasteiger partial charge < -0.3 is 4.74 Å². The van der Waals surface area contributed by atoms with Gasteiger partial charge in [0.15, 0.2) is 0 Å². The van der Waals surface area contributed by atoms with Gasteiger partial charge in [0.05, 0.1) is 11.5 Å². The number of benzene rings is 3. The minimum atomic E-state index is -2.01. The average molecular weight is 470 g/mol. The van der Waals surface area contributed by atoms with Crippen molar-refractivity contribution in [3.63, 3.8) is 0 Å². The van der Waals surface area contributed by atoms with Crippen LogP contribution in [-0.2, 0) is 0 Å². The Morgan fingerprint density at radius 1 is 1.09 bits per heavy atom. The molecule has 0 radical (unpaired) electrons. The normalized spacial score (nSPS) is 25.6. The van der Waals surface area contributed by atoms with E-state index in [1.165, 1.54) is 0 Å². The van der Waals surface area contributed by atoms with Gasteiger partial charge in [-0.05, 0) is 35.3 Å². The summed E-state index contributed by atoms with van der Waals surface area (Å²) in [5.41, 5.74) is 0.182. The molecule has 3 aromatic carbocycles. The van der Waals surface area contributed by atoms with Crippen LogP contribution in [0.5, 0.6) is 5.75 Å². The van der Waals surface area contributed by atoms with Gasteiger partial charge in [-0.2, -0.15) is 5.26 Å². The van der Waals surface area contributed by atoms with Gasteiger partial charge in [-0.3, -0.25) is 15.5 Å². The Bertz CT molecular complexity index is 1380. The maximum atomic E-state index is 13.1. The van der Waals surface area contributed by atoms with Gasteiger partial charge in [0.1, 0.15) is 17.5 Å². The monoisotopic (exact) mass is 469 g/mol. The lowest BCUT2D eigenvalue weighted by atomic mass is 9.57. The number of rotatable bonds is 3. The summed E-state index contributed by atoms with van der Waals surface area (Å²) in [5, 5.41) is 32.8. The molecule has 0 saturated heterocycles. The maximum absolute atomic E-state index is 13.1. The summed E-state index contributed by atoms with van der Waals surface area (Å²) in [6.45, 7) is 1.88. The molecule has 1 heterocycles. The molecular formula is C27H20ClN3O3. The summed E-state index contributed by atoms with van der Waals surface area (Å²) >= 11 is 6.34. The van der Waals surface area contributed by atoms with E-state index in [0.29, 0.717) is 27.5 Å². The van der Waals surface area contributed by atoms with Gasteiger partial charge in [-0.1, -0.05) is 79.2 Å². The number of nitro groups is 1. The van der Waals surface area contributed by atoms with Crippen LogP contribution in [-0.4, -0.2) is 16.2 Å². The second-order valence-electron chi connectivity index (χ2n) is 8.58. The molecule has 34 heavy (non-hydrogen) atoms. The van der Waals surface area contributed by atoms with Gasteiger partial charge in [-0.25, -0.2) is 0 Å². The number of nitriles is 1. The van der Waals surface area contributed by atoms with E-state index in [4.69, 9.17) is 21.7 Å². The van der Waals surface area contributed by atoms with Crippen molar-refractivity contribution >= 4 is 22.9 Å². The molecule has 3 aromatic rings. The summed E-state index contributed by atoms with van der Waals surface area (Å²) in [4.78, 5) is 12.6. The highest BCUT2D eigenvalue weighted by atomic mass is 35.5. The lowest BCUT2D eigenvalue weighted by Gasteiger charge is -2.48. The molecule has 1 N–H and O–H groups in total. The van der Waals surface area contributed by atoms with E-state index in [1.807, 2.05) is 43.3 Å². The van der Waals surface area contributed by atoms with Crippen molar-refractivity contribution < 1.29 is 9.66 Å². The average Bonchev–Trinajstić information content (AvgIpc) is 2.85. The van der Waals surface area contributed by atoms with Crippen molar-refractivity contribution in [3.05, 3.63) is 116 Å². The predicted molar refractivity (Wildman–Crippen MR) is 130 cm³/mol. The number of allylic oxidation sites excluding steroid dienone is 1. The first-order chi connectivity index (χ1) is 16.4. The van der Waals surface area contributed by atoms with E-state index in [9.17, 15) is 15.4 Å². The van der Waals surface area contributed by atoms with E-state index in [2.05, 4.69) is 6.07 Å². The van der Waals surface area contributed by atoms with E-state index >= 15 is 0 Å². The minimum absolute atomic E-state index is 0.0154. The van der Waals surface area contributed by atoms with Gasteiger partial charge in [0.2, 0.25) is 6.10 Å². The van der Waals surface area contributed by atoms with Gasteiger partial charge in [0, 0.05) is 21.1 Å². The number of hydrogen-bond donors (Lipinski definition) is 1. The Morgan fingerprint density at radius 2 is 1.74 bits per heavy atom. The molecule has 1 aliphatic carbocycles. The Hall–Kier alpha value is -3.95. The Labute approximate surface area is 201 Å². The molecule has 0 spiro atoms. The smallest absolute Gasteiger partial charge is 0.311 e. The van der Waals surface area contributed by atoms with Crippen molar-refractivity contribution in [1.82, 2.24) is 0 Å². The molecule has 2 aliphatic rings. The number of nitrogens with zero attached hydrogens (tertiary/aromatic N) is 2. The molecule has 1 unspecified atom stereocenters. The summed E-state index contributed by atoms with van der Waals surface area (Å²) in [5.74, 6) is -0.757. The lowest BCUT2D eigenvalue weighted by molar-refractivity contribution is -0.568. The minimum Gasteiger partial charge on any atom is -0.477 e. The molecule has 6 nitrogen and oxygen atoms in total. The van der Waals surface area contributed by atoms with Crippen LogP contribution in [0.25, 0.3) is 5.57 Å². The number of halogens is 1. The Kier molecular flexibility index (Phi) is 5.22. The van der Waals surface area contributed by atoms with Crippen LogP contribution in [0.1, 0.15) is 35.6 Å². The van der Waals surface area contributed by atoms with E-state index < -0.39 is 28.4 Å². The first-order valence-electron chi connectivity index (χ1n) is 10.9. The number of ether oxygens (including phenoxy) is 1. The lowest BCUT2D eigenvalue weighted by Crippen LogP contribution is -2.62. The van der Waals surface area contributed by atoms with Crippen molar-refractivity contribution in [1.29, 1.82) is 10.7 Å². The van der Waals surface area contributed by atoms with Crippen LogP contribution in [0.4, 0.5) is 0 Å². The van der Waals surface area contributed by atoms with Crippen molar-refractivity contribution in [2.24, 2.45) is 5.92 Å². The fourth-order valence-electron chi connectivity index (χ4n) is 5.54. The molecule has 0 aromatic heterocycles. The van der Waals surface area contributed by atoms with Gasteiger partial charge >= 0.3 is 5.54 Å². The summed E-state index contributed by atoms with van der Waals surface area (Å²) in [7, 11) is 0. The molecule has 0 fully saturated rings. The number of fused-ring (bicyclic) bond motifs is 3. The number of nitrogens with one attached hydrogen (secondary N) is 1. The second kappa shape index (κ2) is 8.12. The third-order valence-electron chi connectivity index (χ3n) is 6.90. The first-order valence-corrected chi connectivity index (χ1v) is 11.2. The molecular weight excluding hydrogens is 450 g/mol. The van der Waals surface area contributed by atoms with Crippen molar-refractivity contribution in [2.75, 3.05) is 0 Å². The third kappa shape index (κ3) is 2.98. The van der Waals surface area contributed by atoms with Gasteiger partial charge in [-0.15, -0.1) is 0 Å². The molecule has 7 heteroatoms. The molecule has 5 rings (SSSR count). The quantitative estimate of drug-likeness (QED) is 0.363. The molecule has 4 atom stereocenters. The molecule has 168 valence electrons. The van der Waals surface area contributed by atoms with Crippen LogP contribution in [0.15, 0.2) is 84.4 Å². The zero-order valence-corrected chi connectivity index (χ0v) is 19.0. The third-order valence-corrected chi connectivity index (χ3v) is 7.14. The Morgan fingerprint density at radius 3 is 2.35 bits per heavy atom. The maximum Gasteiger partial charge on any atom is 0.311 e. The molecule has 0 bridgehead atoms. The fourth-order valence-corrected chi connectivity index (χ4v) is 5.73. The highest BCUT2D eigenvalue weighted by Gasteiger charge is 2.70. The zero-order chi connectivity index (χ0) is 24.0. The van der Waals surface area contributed by atoms with Crippen molar-refractivity contribution in [2.45, 2.75) is 24.5 Å². The molecule has 1 aliphatic heterocycles. The summed E-state index contributed by atoms with van der Waals surface area (Å²) < 4.78 is 6.29. The van der Waals surface area contributed by atoms with Crippen molar-refractivity contribution in [3.8, 4) is 11.8 Å². The van der Waals surface area contributed by atoms with Crippen LogP contribution < -0.4 is 4.74 Å². The largest absolute Gasteiger partial charge is 0.477 e. The van der Waals surface area contributed by atoms with Crippen LogP contribution in [0.3, 0.4) is 0 Å². The highest BCUT2D eigenvalue weighted by Crippen LogP contribution is 2.60. The number of hydrogen-bond acceptors (Lipinski definition) is 5. The summed E-state index contributed by atoms with van der Waals surface area (Å²) in [6.07, 6.45) is -1.10. The highest BCUT2D eigenvalue weighted by molar-refractivity contribution is 6.30. The Balaban J connectivity index is 1.89. The van der Waals surface area contributed by atoms with E-state index in [0.717, 1.165) is 5.56 Å². The SMILES string of the molecule is CC1C(c2ccccc2)=C(C#N)C(=N)[C@@]2([N+](=O)[O-])[C@H](c3ccccc3)Oc3ccc(Cl)cc3[C@@H]12. The first kappa shape index (κ1) is 21.9. The topological polar surface area (TPSA) is 100 Å². The zero-order valence-electron chi connectivity index (χ0n) is 18.2. The molecule has 0 saturated carbocycles. The summed E-state index contributed by atoms with van der Waals surface area (Å²) in [6, 6.07) is 25.4. The van der Waals surface area contributed by atoms with Crippen LogP contribution >= 0.6 is 11.6 Å². The predicted octanol–water partition coefficient (Wildman–Crippen LogP) is 6.22. The van der Waals surface area contributed by atoms with E-state index in [-0.39, 0.29) is 11.3 Å². The van der Waals surface area contributed by atoms with Crippen LogP contribution in [0.2, 0.25) is 5.02 Å². The fraction of sp³-hybridized carbons (Fsp3) is 0.185. The molecule has 0 amide bonds. The standard InChI is InChI=1S/C27H20ClN3O3/c1-16-23(17-8-4-2-5-9-17)21(15-29)25(30)27(31(32)33)24(16)20-14-19(28)12-13-22(20)34-26(27)18-10-6-3-7-11-18/h2-14,16,24,26,30H,1H3/t16?,24-,26+,27-/m1/s1. The van der Waals surface area contributed by atoms with Gasteiger partial charge in [0.25, 0.3) is 0 Å².